The Hall–Kier alpha value is -2.85. The van der Waals surface area contributed by atoms with Crippen LogP contribution in [0.15, 0.2) is 30.7 Å². The van der Waals surface area contributed by atoms with E-state index in [1.807, 2.05) is 11.5 Å². The second-order valence-corrected chi connectivity index (χ2v) is 8.49. The summed E-state index contributed by atoms with van der Waals surface area (Å²) in [4.78, 5) is 34.1. The lowest BCUT2D eigenvalue weighted by molar-refractivity contribution is -0.126. The van der Waals surface area contributed by atoms with Gasteiger partial charge in [0.15, 0.2) is 5.82 Å². The van der Waals surface area contributed by atoms with Crippen molar-refractivity contribution in [2.24, 2.45) is 0 Å². The summed E-state index contributed by atoms with van der Waals surface area (Å²) in [5.41, 5.74) is 0.208. The van der Waals surface area contributed by atoms with E-state index in [4.69, 9.17) is 0 Å². The van der Waals surface area contributed by atoms with Gasteiger partial charge in [0.25, 0.3) is 0 Å². The van der Waals surface area contributed by atoms with Gasteiger partial charge in [-0.3, -0.25) is 14.5 Å². The predicted molar refractivity (Wildman–Crippen MR) is 122 cm³/mol. The second kappa shape index (κ2) is 11.9. The van der Waals surface area contributed by atoms with Crippen LogP contribution in [0.4, 0.5) is 14.6 Å². The molecule has 10 heteroatoms. The second-order valence-electron chi connectivity index (χ2n) is 8.49. The van der Waals surface area contributed by atoms with Crippen molar-refractivity contribution in [1.29, 1.82) is 0 Å². The van der Waals surface area contributed by atoms with Gasteiger partial charge in [0, 0.05) is 51.5 Å². The molecule has 1 unspecified atom stereocenters. The molecule has 3 rings (SSSR count). The number of rotatable bonds is 10. The largest absolute Gasteiger partial charge is 0.344 e. The van der Waals surface area contributed by atoms with Crippen molar-refractivity contribution >= 4 is 17.6 Å². The molecule has 2 heterocycles. The fourth-order valence-corrected chi connectivity index (χ4v) is 3.79. The van der Waals surface area contributed by atoms with E-state index in [9.17, 15) is 18.4 Å². The van der Waals surface area contributed by atoms with Gasteiger partial charge in [0.1, 0.15) is 17.7 Å². The van der Waals surface area contributed by atoms with Crippen molar-refractivity contribution in [2.45, 2.75) is 38.8 Å². The van der Waals surface area contributed by atoms with Crippen LogP contribution >= 0.6 is 0 Å². The van der Waals surface area contributed by atoms with Gasteiger partial charge in [-0.2, -0.15) is 0 Å². The van der Waals surface area contributed by atoms with Crippen molar-refractivity contribution in [1.82, 2.24) is 24.7 Å². The van der Waals surface area contributed by atoms with Gasteiger partial charge in [0.2, 0.25) is 11.8 Å². The smallest absolute Gasteiger partial charge is 0.248 e. The Bertz CT molecular complexity index is 923. The van der Waals surface area contributed by atoms with Crippen LogP contribution in [0.2, 0.25) is 0 Å². The number of imidazole rings is 1. The maximum Gasteiger partial charge on any atom is 0.248 e. The maximum absolute atomic E-state index is 13.4. The van der Waals surface area contributed by atoms with Crippen molar-refractivity contribution in [3.8, 4) is 0 Å². The third kappa shape index (κ3) is 7.90. The number of aromatic nitrogens is 2. The molecule has 2 aromatic rings. The Labute approximate surface area is 193 Å². The minimum Gasteiger partial charge on any atom is -0.344 e. The Balaban J connectivity index is 1.50. The van der Waals surface area contributed by atoms with Gasteiger partial charge in [-0.1, -0.05) is 13.3 Å². The first-order chi connectivity index (χ1) is 15.8. The lowest BCUT2D eigenvalue weighted by Crippen LogP contribution is -2.45. The third-order valence-corrected chi connectivity index (χ3v) is 5.67. The van der Waals surface area contributed by atoms with Crippen LogP contribution in [0.1, 0.15) is 25.3 Å². The molecule has 2 amide bonds. The summed E-state index contributed by atoms with van der Waals surface area (Å²) < 4.78 is 28.7. The predicted octanol–water partition coefficient (Wildman–Crippen LogP) is 1.87. The van der Waals surface area contributed by atoms with Gasteiger partial charge < -0.3 is 20.1 Å². The monoisotopic (exact) mass is 462 g/mol. The number of nitrogens with zero attached hydrogens (tertiary/aromatic N) is 4. The molecule has 0 saturated carbocycles. The van der Waals surface area contributed by atoms with E-state index in [1.165, 1.54) is 0 Å². The van der Waals surface area contributed by atoms with Gasteiger partial charge in [-0.15, -0.1) is 0 Å². The van der Waals surface area contributed by atoms with Crippen molar-refractivity contribution in [3.63, 3.8) is 0 Å². The minimum atomic E-state index is -0.767. The molecule has 1 fully saturated rings. The summed E-state index contributed by atoms with van der Waals surface area (Å²) in [5.74, 6) is -1.93. The lowest BCUT2D eigenvalue weighted by Gasteiger charge is -2.32. The Morgan fingerprint density at radius 3 is 2.45 bits per heavy atom. The molecule has 33 heavy (non-hydrogen) atoms. The van der Waals surface area contributed by atoms with E-state index < -0.39 is 23.6 Å². The first-order valence-corrected chi connectivity index (χ1v) is 11.3. The molecular formula is C23H32F2N6O2. The number of benzene rings is 1. The first-order valence-electron chi connectivity index (χ1n) is 11.3. The van der Waals surface area contributed by atoms with Crippen molar-refractivity contribution < 1.29 is 18.4 Å². The van der Waals surface area contributed by atoms with E-state index in [0.29, 0.717) is 18.7 Å². The zero-order valence-corrected chi connectivity index (χ0v) is 19.2. The van der Waals surface area contributed by atoms with Crippen LogP contribution in [-0.4, -0.2) is 77.0 Å². The van der Waals surface area contributed by atoms with E-state index in [0.717, 1.165) is 57.5 Å². The minimum absolute atomic E-state index is 0.208. The zero-order valence-electron chi connectivity index (χ0n) is 19.2. The molecule has 0 bridgehead atoms. The quantitative estimate of drug-likeness (QED) is 0.564. The third-order valence-electron chi connectivity index (χ3n) is 5.67. The van der Waals surface area contributed by atoms with Gasteiger partial charge >= 0.3 is 0 Å². The van der Waals surface area contributed by atoms with Crippen LogP contribution in [0, 0.1) is 11.6 Å². The number of piperazine rings is 1. The van der Waals surface area contributed by atoms with Gasteiger partial charge in [0.05, 0.1) is 12.7 Å². The summed E-state index contributed by atoms with van der Waals surface area (Å²) in [5, 5.41) is 5.42. The van der Waals surface area contributed by atoms with Crippen LogP contribution < -0.4 is 10.6 Å². The van der Waals surface area contributed by atoms with Crippen molar-refractivity contribution in [3.05, 3.63) is 47.9 Å². The normalized spacial score (nSPS) is 15.9. The van der Waals surface area contributed by atoms with E-state index in [2.05, 4.69) is 32.5 Å². The summed E-state index contributed by atoms with van der Waals surface area (Å²) >= 11 is 0. The molecule has 2 N–H and O–H groups in total. The molecule has 1 aromatic heterocycles. The highest BCUT2D eigenvalue weighted by molar-refractivity contribution is 5.96. The topological polar surface area (TPSA) is 82.5 Å². The lowest BCUT2D eigenvalue weighted by atomic mass is 10.1. The van der Waals surface area contributed by atoms with Crippen LogP contribution in [0.5, 0.6) is 0 Å². The molecule has 0 spiro atoms. The number of anilines is 1. The Morgan fingerprint density at radius 1 is 1.09 bits per heavy atom. The number of nitrogens with one attached hydrogen (secondary N) is 2. The van der Waals surface area contributed by atoms with E-state index in [1.54, 1.807) is 12.5 Å². The average Bonchev–Trinajstić information content (AvgIpc) is 3.19. The molecule has 1 aromatic carbocycles. The molecule has 0 radical (unpaired) electrons. The molecule has 1 aliphatic rings. The highest BCUT2D eigenvalue weighted by atomic mass is 19.1. The number of hydrogen-bond acceptors (Lipinski definition) is 5. The molecule has 8 nitrogen and oxygen atoms in total. The van der Waals surface area contributed by atoms with Crippen molar-refractivity contribution in [2.75, 3.05) is 45.1 Å². The first kappa shape index (κ1) is 24.8. The van der Waals surface area contributed by atoms with Crippen LogP contribution in [0.3, 0.4) is 0 Å². The summed E-state index contributed by atoms with van der Waals surface area (Å²) in [6.07, 6.45) is 4.33. The molecular weight excluding hydrogens is 430 g/mol. The number of halogens is 2. The van der Waals surface area contributed by atoms with Gasteiger partial charge in [-0.25, -0.2) is 13.8 Å². The van der Waals surface area contributed by atoms with Crippen LogP contribution in [-0.2, 0) is 22.6 Å². The molecule has 1 atom stereocenters. The molecule has 0 aliphatic carbocycles. The maximum atomic E-state index is 13.4. The summed E-state index contributed by atoms with van der Waals surface area (Å²) in [7, 11) is 2.12. The number of hydrogen-bond donors (Lipinski definition) is 2. The zero-order chi connectivity index (χ0) is 23.8. The molecule has 1 saturated heterocycles. The van der Waals surface area contributed by atoms with E-state index >= 15 is 0 Å². The molecule has 1 aliphatic heterocycles. The highest BCUT2D eigenvalue weighted by Crippen LogP contribution is 2.10. The fourth-order valence-electron chi connectivity index (χ4n) is 3.79. The standard InChI is InChI=1S/C23H32F2N6O2/c1-3-4-20(27-22(32)13-17-11-18(24)14-19(25)12-17)23(33)28-21-15-31(16-26-21)10-9-30-7-5-29(2)6-8-30/h11-12,14-16,20H,3-10,13H2,1-2H3,(H,27,32)(H,28,33). The van der Waals surface area contributed by atoms with Crippen LogP contribution in [0.25, 0.3) is 0 Å². The van der Waals surface area contributed by atoms with Gasteiger partial charge in [-0.05, 0) is 31.2 Å². The summed E-state index contributed by atoms with van der Waals surface area (Å²) in [6.45, 7) is 7.78. The average molecular weight is 463 g/mol. The Kier molecular flexibility index (Phi) is 8.90. The Morgan fingerprint density at radius 2 is 1.79 bits per heavy atom. The fraction of sp³-hybridized carbons (Fsp3) is 0.522. The number of amides is 2. The number of likely N-dealkylation sites (N-methyl/N-ethyl adjacent to an activating group) is 1. The summed E-state index contributed by atoms with van der Waals surface area (Å²) in [6, 6.07) is 2.19. The number of carbonyl (C=O) groups excluding carboxylic acids is 2. The highest BCUT2D eigenvalue weighted by Gasteiger charge is 2.21. The molecule has 180 valence electrons. The SMILES string of the molecule is CCCC(NC(=O)Cc1cc(F)cc(F)c1)C(=O)Nc1cn(CCN2CCN(C)CC2)cn1. The number of carbonyl (C=O) groups is 2. The van der Waals surface area contributed by atoms with E-state index in [-0.39, 0.29) is 17.9 Å².